The number of carbonyl (C=O) groups is 4. The number of halogens is 2. The molecule has 13 heterocycles. The number of nitrogens with one attached hydrogen (secondary N) is 2. The minimum absolute atomic E-state index is 0.00398. The van der Waals surface area contributed by atoms with Gasteiger partial charge >= 0.3 is 0 Å². The van der Waals surface area contributed by atoms with Crippen LogP contribution in [0.1, 0.15) is 168 Å². The van der Waals surface area contributed by atoms with E-state index >= 15 is 0 Å². The summed E-state index contributed by atoms with van der Waals surface area (Å²) in [4.78, 5) is 67.8. The third-order valence-corrected chi connectivity index (χ3v) is 32.6. The Labute approximate surface area is 825 Å². The van der Waals surface area contributed by atoms with Crippen molar-refractivity contribution in [2.24, 2.45) is 0 Å². The monoisotopic (exact) mass is 2010 g/mol. The van der Waals surface area contributed by atoms with Gasteiger partial charge in [0.1, 0.15) is 70.6 Å². The number of carbonyl (C=O) groups excluding carboxylic acids is 4. The number of aliphatic hydroxyl groups excluding tert-OH is 1. The molecule has 18 rings (SSSR count). The maximum Gasteiger partial charge on any atom is 0.208 e. The molecular formula is C104H122F2N10O15S7. The summed E-state index contributed by atoms with van der Waals surface area (Å²) in [5, 5.41) is 26.3. The van der Waals surface area contributed by atoms with Crippen LogP contribution in [0.4, 0.5) is 8.78 Å². The van der Waals surface area contributed by atoms with E-state index in [0.717, 1.165) is 163 Å². The Balaban J connectivity index is 0.000000138. The summed E-state index contributed by atoms with van der Waals surface area (Å²) in [7, 11) is -0.106. The molecule has 15 aromatic rings. The molecule has 3 aliphatic heterocycles. The first-order chi connectivity index (χ1) is 66.1. The summed E-state index contributed by atoms with van der Waals surface area (Å²) in [6.07, 6.45) is 10.8. The molecule has 1 atom stereocenters. The van der Waals surface area contributed by atoms with Crippen LogP contribution in [0.2, 0.25) is 0 Å². The predicted octanol–water partition coefficient (Wildman–Crippen LogP) is 19.9. The lowest BCUT2D eigenvalue weighted by Crippen LogP contribution is -2.38. The number of hydrogen-bond acceptors (Lipinski definition) is 23. The molecule has 0 radical (unpaired) electrons. The van der Waals surface area contributed by atoms with Crippen molar-refractivity contribution in [3.05, 3.63) is 261 Å². The largest absolute Gasteiger partial charge is 0.507 e. The number of benzene rings is 5. The number of likely N-dealkylation sites (tertiary alicyclic amines) is 2. The second kappa shape index (κ2) is 46.7. The van der Waals surface area contributed by atoms with Crippen LogP contribution in [0.25, 0.3) is 51.1 Å². The number of hydrogen-bond donors (Lipinski definition) is 4. The zero-order chi connectivity index (χ0) is 98.4. The van der Waals surface area contributed by atoms with E-state index in [1.807, 2.05) is 75.4 Å². The van der Waals surface area contributed by atoms with E-state index in [-0.39, 0.29) is 40.0 Å². The number of aromatic nitrogens is 5. The summed E-state index contributed by atoms with van der Waals surface area (Å²) in [6.45, 7) is 30.5. The third kappa shape index (κ3) is 25.8. The van der Waals surface area contributed by atoms with Crippen LogP contribution in [0.5, 0.6) is 28.7 Å². The highest BCUT2D eigenvalue weighted by Gasteiger charge is 2.27. The van der Waals surface area contributed by atoms with Crippen molar-refractivity contribution in [1.82, 2.24) is 47.0 Å². The molecule has 1 unspecified atom stereocenters. The zero-order valence-electron chi connectivity index (χ0n) is 80.4. The van der Waals surface area contributed by atoms with Crippen LogP contribution in [-0.4, -0.2) is 214 Å². The molecule has 0 bridgehead atoms. The lowest BCUT2D eigenvalue weighted by molar-refractivity contribution is 0.0365. The van der Waals surface area contributed by atoms with Crippen molar-refractivity contribution in [2.45, 2.75) is 139 Å². The smallest absolute Gasteiger partial charge is 0.208 e. The number of ether oxygens (including phenoxy) is 5. The molecule has 25 nitrogen and oxygen atoms in total. The fraction of sp³-hybridized carbons (Fsp3) is 0.385. The number of methoxy groups -OCH3 is 4. The number of aromatic hydroxyl groups is 1. The molecule has 4 N–H and O–H groups in total. The Bertz CT molecular complexity index is 6910. The number of phenolic OH excluding ortho intramolecular Hbond substituents is 1. The first-order valence-corrected chi connectivity index (χ1v) is 54.2. The average molecular weight is 2010 g/mol. The minimum atomic E-state index is -3.20. The summed E-state index contributed by atoms with van der Waals surface area (Å²) < 4.78 is 115. The number of aliphatic hydroxyl groups is 1. The van der Waals surface area contributed by atoms with Gasteiger partial charge in [-0.3, -0.25) is 24.1 Å². The first kappa shape index (κ1) is 103. The van der Waals surface area contributed by atoms with Crippen molar-refractivity contribution in [3.8, 4) is 28.7 Å². The SMILES string of the molecule is COc1ccc(C(=O)c2cc3cc(C)n(CCCNS(C)(=O)=O)c3s2)c(C)c1.COc1ccc(C(=O)c2cc3cc(C)n(CCN4CCCCC4)c3s2)c(F)c1.COc1ccc(C(=O)c2cc3cc(C)n(CCN4CCCCC4)c3s2)c(O)c1.COc1ccc(C(O)c2cc3cc(C)n(CCN4CCOCC4)c3s2)cc1.Cc1ccc(C(=O)c2cc3cc(C)n(CCCNS(C)(=O)=O)c3s2)c(F)c1. The van der Waals surface area contributed by atoms with Crippen molar-refractivity contribution < 1.29 is 78.7 Å². The second-order valence-corrected chi connectivity index (χ2v) is 44.1. The van der Waals surface area contributed by atoms with Crippen LogP contribution in [0.3, 0.4) is 0 Å². The first-order valence-electron chi connectivity index (χ1n) is 46.4. The van der Waals surface area contributed by atoms with Gasteiger partial charge in [-0.25, -0.2) is 35.1 Å². The van der Waals surface area contributed by atoms with Gasteiger partial charge in [0.05, 0.1) is 90.4 Å². The van der Waals surface area contributed by atoms with Gasteiger partial charge in [0, 0.05) is 157 Å². The number of phenols is 1. The summed E-state index contributed by atoms with van der Waals surface area (Å²) in [5.41, 5.74) is 9.51. The van der Waals surface area contributed by atoms with Gasteiger partial charge in [0.15, 0.2) is 0 Å². The molecule has 5 aromatic carbocycles. The number of nitrogens with zero attached hydrogens (tertiary/aromatic N) is 8. The topological polar surface area (TPSA) is 282 Å². The van der Waals surface area contributed by atoms with Gasteiger partial charge < -0.3 is 66.5 Å². The van der Waals surface area contributed by atoms with Crippen LogP contribution in [0, 0.1) is 60.1 Å². The maximum absolute atomic E-state index is 14.3. The van der Waals surface area contributed by atoms with E-state index in [9.17, 15) is 55.0 Å². The summed E-state index contributed by atoms with van der Waals surface area (Å²) in [5.74, 6) is 0.615. The highest BCUT2D eigenvalue weighted by Crippen LogP contribution is 2.40. The van der Waals surface area contributed by atoms with Gasteiger partial charge in [0.2, 0.25) is 43.2 Å². The number of morpholine rings is 1. The molecule has 3 saturated heterocycles. The average Bonchev–Trinajstić information content (AvgIpc) is 1.65. The standard InChI is InChI=1S/C22H25FN2O2S.C22H26N2O3S.C21H26N2O3S.C20H24N2O4S2.C19H21FN2O3S2/c1-15-12-16-13-20(21(26)18-7-6-17(27-2)14-19(18)23)28-22(16)25(15)11-10-24-8-4-3-5-9-24;1-15-12-16-13-20(21(26)18-7-6-17(27-2)14-19(18)25)28-22(16)24(15)11-10-23-8-4-3-5-9-23;1-15-13-17-14-19(20(24)16-3-5-18(25-2)6-4-16)27-21(17)23(15)8-7-22-9-11-26-12-10-22;1-13-10-16(26-3)6-7-17(13)19(23)18-12-15-11-14(2)22(20(15)27-18)9-5-8-21-28(4,24)25;1-12-5-6-15(16(20)9-12)18(23)17-11-14-10-13(2)22(19(14)26-17)8-4-7-21-27(3,24)25/h6-7,12-14H,3-5,8-11H2,1-2H3;6-7,12-14,25H,3-5,8-11H2,1-2H3;3-6,13-14,20,24H,7-12H2,1-2H3;6-7,10-12,21H,5,8-9H2,1-4H3;5-6,9-11,21H,4,7-8H2,1-3H3. The fourth-order valence-corrected chi connectivity index (χ4v) is 24.7. The van der Waals surface area contributed by atoms with E-state index < -0.39 is 37.8 Å². The van der Waals surface area contributed by atoms with E-state index in [2.05, 4.69) is 98.1 Å². The zero-order valence-corrected chi connectivity index (χ0v) is 86.1. The third-order valence-electron chi connectivity index (χ3n) is 25.2. The van der Waals surface area contributed by atoms with E-state index in [0.29, 0.717) is 81.2 Å². The number of aryl methyl sites for hydroxylation is 9. The summed E-state index contributed by atoms with van der Waals surface area (Å²) >= 11 is 7.44. The molecule has 3 aliphatic rings. The van der Waals surface area contributed by atoms with E-state index in [1.165, 1.54) is 182 Å². The van der Waals surface area contributed by atoms with Crippen LogP contribution in [-0.2, 0) is 57.5 Å². The number of piperidine rings is 2. The quantitative estimate of drug-likeness (QED) is 0.0220. The molecular weight excluding hydrogens is 1890 g/mol. The number of sulfonamides is 2. The number of thiophene rings is 5. The molecule has 10 aromatic heterocycles. The van der Waals surface area contributed by atoms with E-state index in [1.54, 1.807) is 74.9 Å². The Morgan fingerprint density at radius 1 is 0.384 bits per heavy atom. The van der Waals surface area contributed by atoms with Crippen LogP contribution in [0.15, 0.2) is 158 Å². The lowest BCUT2D eigenvalue weighted by Gasteiger charge is -2.26. The van der Waals surface area contributed by atoms with Crippen molar-refractivity contribution in [3.63, 3.8) is 0 Å². The fourth-order valence-electron chi connectivity index (χ4n) is 17.7. The molecule has 3 fully saturated rings. The molecule has 734 valence electrons. The van der Waals surface area contributed by atoms with Gasteiger partial charge in [-0.05, 0) is 257 Å². The van der Waals surface area contributed by atoms with Gasteiger partial charge in [-0.2, -0.15) is 0 Å². The number of ketones is 4. The minimum Gasteiger partial charge on any atom is -0.507 e. The summed E-state index contributed by atoms with van der Waals surface area (Å²) in [6, 6.07) is 47.0. The normalized spacial score (nSPS) is 14.2. The van der Waals surface area contributed by atoms with Gasteiger partial charge in [-0.1, -0.05) is 31.0 Å². The van der Waals surface area contributed by atoms with Crippen LogP contribution < -0.4 is 28.4 Å². The van der Waals surface area contributed by atoms with Crippen molar-refractivity contribution >= 4 is 151 Å². The Morgan fingerprint density at radius 2 is 0.717 bits per heavy atom. The molecule has 0 amide bonds. The second-order valence-electron chi connectivity index (χ2n) is 35.3. The molecule has 34 heteroatoms. The number of rotatable bonds is 33. The lowest BCUT2D eigenvalue weighted by atomic mass is 10.0. The van der Waals surface area contributed by atoms with Gasteiger partial charge in [0.25, 0.3) is 0 Å². The Kier molecular flexibility index (Phi) is 35.0. The molecule has 138 heavy (non-hydrogen) atoms. The van der Waals surface area contributed by atoms with Crippen molar-refractivity contribution in [2.75, 3.05) is 126 Å². The Hall–Kier alpha value is -10.5. The van der Waals surface area contributed by atoms with Gasteiger partial charge in [-0.15, -0.1) is 56.7 Å². The molecule has 0 aliphatic carbocycles. The Morgan fingerprint density at radius 3 is 1.10 bits per heavy atom. The molecule has 0 spiro atoms. The predicted molar refractivity (Wildman–Crippen MR) is 553 cm³/mol. The van der Waals surface area contributed by atoms with Crippen LogP contribution >= 0.6 is 56.7 Å². The maximum atomic E-state index is 14.3. The van der Waals surface area contributed by atoms with Crippen molar-refractivity contribution in [1.29, 1.82) is 0 Å². The molecule has 0 saturated carbocycles. The highest BCUT2D eigenvalue weighted by atomic mass is 32.2. The number of fused-ring (bicyclic) bond motifs is 5. The highest BCUT2D eigenvalue weighted by molar-refractivity contribution is 7.89. The van der Waals surface area contributed by atoms with E-state index in [4.69, 9.17) is 23.7 Å².